The van der Waals surface area contributed by atoms with Crippen molar-refractivity contribution in [3.8, 4) is 17.7 Å². The lowest BCUT2D eigenvalue weighted by Crippen LogP contribution is -1.93. The second kappa shape index (κ2) is 5.30. The third kappa shape index (κ3) is 2.84. The minimum absolute atomic E-state index is 0.425. The molecule has 1 aromatic heterocycles. The van der Waals surface area contributed by atoms with Crippen LogP contribution in [0.25, 0.3) is 0 Å². The van der Waals surface area contributed by atoms with E-state index >= 15 is 0 Å². The predicted octanol–water partition coefficient (Wildman–Crippen LogP) is 2.80. The lowest BCUT2D eigenvalue weighted by atomic mass is 10.2. The highest BCUT2D eigenvalue weighted by atomic mass is 16.5. The molecule has 0 aliphatic heterocycles. The Balaban J connectivity index is 2.16. The Labute approximate surface area is 105 Å². The van der Waals surface area contributed by atoms with Crippen molar-refractivity contribution < 1.29 is 9.84 Å². The summed E-state index contributed by atoms with van der Waals surface area (Å²) >= 11 is 0. The van der Waals surface area contributed by atoms with Crippen LogP contribution < -0.4 is 4.74 Å². The van der Waals surface area contributed by atoms with Crippen molar-refractivity contribution in [2.24, 2.45) is 0 Å². The van der Waals surface area contributed by atoms with E-state index in [9.17, 15) is 5.11 Å². The third-order valence-corrected chi connectivity index (χ3v) is 2.43. The van der Waals surface area contributed by atoms with Gasteiger partial charge in [-0.2, -0.15) is 5.26 Å². The number of pyridine rings is 1. The molecule has 0 radical (unpaired) electrons. The standard InChI is InChI=1S/C14H12N2O2/c1-10(17)12-5-6-14(16-9-12)18-13-4-2-3-11(7-13)8-15/h2-7,9-10,17H,1H3/t10-/m1/s1. The maximum atomic E-state index is 9.36. The largest absolute Gasteiger partial charge is 0.439 e. The van der Waals surface area contributed by atoms with E-state index < -0.39 is 6.10 Å². The van der Waals surface area contributed by atoms with E-state index in [0.29, 0.717) is 17.2 Å². The van der Waals surface area contributed by atoms with Crippen LogP contribution in [0.1, 0.15) is 24.2 Å². The lowest BCUT2D eigenvalue weighted by Gasteiger charge is -2.07. The molecule has 0 unspecified atom stereocenters. The van der Waals surface area contributed by atoms with Gasteiger partial charge in [0.1, 0.15) is 5.75 Å². The van der Waals surface area contributed by atoms with Crippen LogP contribution in [-0.2, 0) is 0 Å². The van der Waals surface area contributed by atoms with Crippen LogP contribution in [0.5, 0.6) is 11.6 Å². The summed E-state index contributed by atoms with van der Waals surface area (Å²) in [5.41, 5.74) is 1.27. The fourth-order valence-corrected chi connectivity index (χ4v) is 1.45. The second-order valence-electron chi connectivity index (χ2n) is 3.85. The molecule has 0 amide bonds. The molecule has 2 aromatic rings. The molecular formula is C14H12N2O2. The molecule has 0 saturated carbocycles. The minimum atomic E-state index is -0.548. The summed E-state index contributed by atoms with van der Waals surface area (Å²) in [6.07, 6.45) is 1.02. The number of aliphatic hydroxyl groups excluding tert-OH is 1. The first-order valence-corrected chi connectivity index (χ1v) is 5.51. The normalized spacial score (nSPS) is 11.6. The van der Waals surface area contributed by atoms with Crippen molar-refractivity contribution in [3.05, 3.63) is 53.7 Å². The lowest BCUT2D eigenvalue weighted by molar-refractivity contribution is 0.198. The predicted molar refractivity (Wildman–Crippen MR) is 66.1 cm³/mol. The summed E-state index contributed by atoms with van der Waals surface area (Å²) < 4.78 is 5.51. The van der Waals surface area contributed by atoms with Crippen molar-refractivity contribution in [1.82, 2.24) is 4.98 Å². The molecule has 1 atom stereocenters. The monoisotopic (exact) mass is 240 g/mol. The van der Waals surface area contributed by atoms with Gasteiger partial charge in [0, 0.05) is 12.3 Å². The number of nitriles is 1. The van der Waals surface area contributed by atoms with Crippen molar-refractivity contribution >= 4 is 0 Å². The fraction of sp³-hybridized carbons (Fsp3) is 0.143. The van der Waals surface area contributed by atoms with Gasteiger partial charge in [0.2, 0.25) is 5.88 Å². The number of benzene rings is 1. The van der Waals surface area contributed by atoms with Crippen LogP contribution >= 0.6 is 0 Å². The van der Waals surface area contributed by atoms with Crippen LogP contribution in [0.3, 0.4) is 0 Å². The Morgan fingerprint density at radius 1 is 1.33 bits per heavy atom. The molecule has 90 valence electrons. The van der Waals surface area contributed by atoms with E-state index in [1.54, 1.807) is 49.5 Å². The Hall–Kier alpha value is -2.38. The van der Waals surface area contributed by atoms with E-state index in [0.717, 1.165) is 5.56 Å². The Bertz CT molecular complexity index is 571. The Morgan fingerprint density at radius 3 is 2.78 bits per heavy atom. The smallest absolute Gasteiger partial charge is 0.219 e. The number of aromatic nitrogens is 1. The number of ether oxygens (including phenoxy) is 1. The highest BCUT2D eigenvalue weighted by molar-refractivity contribution is 5.37. The maximum absolute atomic E-state index is 9.36. The summed E-state index contributed by atoms with van der Waals surface area (Å²) in [6.45, 7) is 1.67. The molecule has 0 fully saturated rings. The highest BCUT2D eigenvalue weighted by Crippen LogP contribution is 2.21. The van der Waals surface area contributed by atoms with Gasteiger partial charge in [-0.05, 0) is 36.8 Å². The van der Waals surface area contributed by atoms with Crippen molar-refractivity contribution in [2.45, 2.75) is 13.0 Å². The molecular weight excluding hydrogens is 228 g/mol. The summed E-state index contributed by atoms with van der Waals surface area (Å²) in [5, 5.41) is 18.1. The van der Waals surface area contributed by atoms with Gasteiger partial charge in [0.25, 0.3) is 0 Å². The SMILES string of the molecule is C[C@@H](O)c1ccc(Oc2cccc(C#N)c2)nc1. The molecule has 1 aromatic carbocycles. The number of aliphatic hydroxyl groups is 1. The van der Waals surface area contributed by atoms with Gasteiger partial charge in [-0.3, -0.25) is 0 Å². The first kappa shape index (κ1) is 12.1. The molecule has 1 N–H and O–H groups in total. The second-order valence-corrected chi connectivity index (χ2v) is 3.85. The average molecular weight is 240 g/mol. The van der Waals surface area contributed by atoms with Gasteiger partial charge in [-0.15, -0.1) is 0 Å². The molecule has 0 aliphatic carbocycles. The minimum Gasteiger partial charge on any atom is -0.439 e. The van der Waals surface area contributed by atoms with Gasteiger partial charge in [0.05, 0.1) is 17.7 Å². The molecule has 2 rings (SSSR count). The van der Waals surface area contributed by atoms with Gasteiger partial charge in [-0.25, -0.2) is 4.98 Å². The van der Waals surface area contributed by atoms with E-state index in [1.807, 2.05) is 6.07 Å². The first-order valence-electron chi connectivity index (χ1n) is 5.51. The van der Waals surface area contributed by atoms with Crippen LogP contribution in [-0.4, -0.2) is 10.1 Å². The summed E-state index contributed by atoms with van der Waals surface area (Å²) in [5.74, 6) is 0.987. The summed E-state index contributed by atoms with van der Waals surface area (Å²) in [4.78, 5) is 4.09. The Kier molecular flexibility index (Phi) is 3.56. The zero-order valence-electron chi connectivity index (χ0n) is 9.87. The van der Waals surface area contributed by atoms with Crippen LogP contribution in [0.4, 0.5) is 0 Å². The van der Waals surface area contributed by atoms with Crippen LogP contribution in [0, 0.1) is 11.3 Å². The van der Waals surface area contributed by atoms with E-state index in [2.05, 4.69) is 4.98 Å². The van der Waals surface area contributed by atoms with E-state index in [-0.39, 0.29) is 0 Å². The van der Waals surface area contributed by atoms with Gasteiger partial charge < -0.3 is 9.84 Å². The van der Waals surface area contributed by atoms with Gasteiger partial charge >= 0.3 is 0 Å². The van der Waals surface area contributed by atoms with E-state index in [4.69, 9.17) is 10.00 Å². The molecule has 0 spiro atoms. The molecule has 18 heavy (non-hydrogen) atoms. The average Bonchev–Trinajstić information content (AvgIpc) is 2.39. The molecule has 4 heteroatoms. The number of hydrogen-bond acceptors (Lipinski definition) is 4. The Morgan fingerprint density at radius 2 is 2.17 bits per heavy atom. The molecule has 0 saturated heterocycles. The zero-order chi connectivity index (χ0) is 13.0. The number of rotatable bonds is 3. The number of hydrogen-bond donors (Lipinski definition) is 1. The molecule has 1 heterocycles. The fourth-order valence-electron chi connectivity index (χ4n) is 1.45. The van der Waals surface area contributed by atoms with E-state index in [1.165, 1.54) is 0 Å². The number of nitrogens with zero attached hydrogens (tertiary/aromatic N) is 2. The van der Waals surface area contributed by atoms with Gasteiger partial charge in [-0.1, -0.05) is 6.07 Å². The van der Waals surface area contributed by atoms with Crippen molar-refractivity contribution in [2.75, 3.05) is 0 Å². The van der Waals surface area contributed by atoms with Crippen LogP contribution in [0.2, 0.25) is 0 Å². The zero-order valence-corrected chi connectivity index (χ0v) is 9.87. The summed E-state index contributed by atoms with van der Waals surface area (Å²) in [7, 11) is 0. The third-order valence-electron chi connectivity index (χ3n) is 2.43. The highest BCUT2D eigenvalue weighted by Gasteiger charge is 2.03. The first-order chi connectivity index (χ1) is 8.69. The topological polar surface area (TPSA) is 66.1 Å². The molecule has 4 nitrogen and oxygen atoms in total. The summed E-state index contributed by atoms with van der Waals surface area (Å²) in [6, 6.07) is 12.3. The molecule has 0 bridgehead atoms. The van der Waals surface area contributed by atoms with Crippen molar-refractivity contribution in [1.29, 1.82) is 5.26 Å². The van der Waals surface area contributed by atoms with Crippen LogP contribution in [0.15, 0.2) is 42.6 Å². The molecule has 0 aliphatic rings. The van der Waals surface area contributed by atoms with Gasteiger partial charge in [0.15, 0.2) is 0 Å². The van der Waals surface area contributed by atoms with Crippen molar-refractivity contribution in [3.63, 3.8) is 0 Å². The quantitative estimate of drug-likeness (QED) is 0.895. The maximum Gasteiger partial charge on any atom is 0.219 e.